The van der Waals surface area contributed by atoms with Crippen molar-refractivity contribution in [1.82, 2.24) is 15.2 Å². The van der Waals surface area contributed by atoms with Crippen LogP contribution in [0.5, 0.6) is 0 Å². The second-order valence-corrected chi connectivity index (χ2v) is 8.52. The van der Waals surface area contributed by atoms with Crippen LogP contribution < -0.4 is 16.0 Å². The number of nitrogens with zero attached hydrogens (tertiary/aromatic N) is 3. The second-order valence-electron chi connectivity index (χ2n) is 8.52. The van der Waals surface area contributed by atoms with E-state index < -0.39 is 12.0 Å². The fourth-order valence-electron chi connectivity index (χ4n) is 4.33. The predicted molar refractivity (Wildman–Crippen MR) is 141 cm³/mol. The smallest absolute Gasteiger partial charge is 0.305 e. The van der Waals surface area contributed by atoms with Crippen molar-refractivity contribution in [3.05, 3.63) is 89.2 Å². The van der Waals surface area contributed by atoms with Crippen LogP contribution in [-0.2, 0) is 11.3 Å². The average molecular weight is 521 g/mol. The van der Waals surface area contributed by atoms with E-state index in [-0.39, 0.29) is 37.2 Å². The van der Waals surface area contributed by atoms with E-state index in [9.17, 15) is 19.5 Å². The van der Waals surface area contributed by atoms with E-state index >= 15 is 0 Å². The Hall–Kier alpha value is -4.44. The minimum Gasteiger partial charge on any atom is -0.481 e. The fraction of sp³-hybridized carbons (Fsp3) is 0.192. The first kappa shape index (κ1) is 25.6. The molecular weight excluding hydrogens is 496 g/mol. The molecule has 0 aliphatic carbocycles. The quantitative estimate of drug-likeness (QED) is 0.375. The van der Waals surface area contributed by atoms with E-state index in [1.165, 1.54) is 4.90 Å². The molecule has 10 nitrogen and oxygen atoms in total. The van der Waals surface area contributed by atoms with Crippen molar-refractivity contribution in [2.45, 2.75) is 19.0 Å². The summed E-state index contributed by atoms with van der Waals surface area (Å²) in [4.78, 5) is 47.5. The zero-order chi connectivity index (χ0) is 25.1. The number of amides is 2. The van der Waals surface area contributed by atoms with Crippen LogP contribution >= 0.6 is 12.4 Å². The van der Waals surface area contributed by atoms with Crippen LogP contribution in [0.3, 0.4) is 0 Å². The maximum atomic E-state index is 13.3. The van der Waals surface area contributed by atoms with Gasteiger partial charge in [-0.25, -0.2) is 0 Å². The number of anilines is 2. The van der Waals surface area contributed by atoms with Crippen LogP contribution in [0, 0.1) is 0 Å². The molecule has 0 bridgehead atoms. The second kappa shape index (κ2) is 11.1. The molecule has 1 unspecified atom stereocenters. The predicted octanol–water partition coefficient (Wildman–Crippen LogP) is 3.30. The number of rotatable bonds is 7. The summed E-state index contributed by atoms with van der Waals surface area (Å²) >= 11 is 0. The first-order valence-electron chi connectivity index (χ1n) is 11.5. The van der Waals surface area contributed by atoms with Gasteiger partial charge in [-0.3, -0.25) is 24.4 Å². The number of nitrogens with one attached hydrogen (secondary N) is 3. The topological polar surface area (TPSA) is 136 Å². The van der Waals surface area contributed by atoms with Gasteiger partial charge in [-0.1, -0.05) is 12.1 Å². The van der Waals surface area contributed by atoms with Gasteiger partial charge in [0.05, 0.1) is 19.0 Å². The zero-order valence-corrected chi connectivity index (χ0v) is 20.5. The van der Waals surface area contributed by atoms with E-state index in [4.69, 9.17) is 0 Å². The van der Waals surface area contributed by atoms with Crippen molar-refractivity contribution >= 4 is 47.5 Å². The summed E-state index contributed by atoms with van der Waals surface area (Å²) in [5, 5.41) is 18.5. The molecule has 2 aliphatic heterocycles. The van der Waals surface area contributed by atoms with Crippen LogP contribution in [0.25, 0.3) is 0 Å². The van der Waals surface area contributed by atoms with Crippen LogP contribution in [0.2, 0.25) is 0 Å². The fourth-order valence-corrected chi connectivity index (χ4v) is 4.33. The number of carboxylic acid groups (broad SMARTS) is 1. The molecular formula is C26H25ClN6O4. The molecule has 2 aliphatic rings. The van der Waals surface area contributed by atoms with Gasteiger partial charge < -0.3 is 26.0 Å². The van der Waals surface area contributed by atoms with Gasteiger partial charge >= 0.3 is 5.97 Å². The molecule has 5 rings (SSSR count). The Morgan fingerprint density at radius 3 is 2.57 bits per heavy atom. The summed E-state index contributed by atoms with van der Waals surface area (Å²) in [5.74, 6) is -0.887. The van der Waals surface area contributed by atoms with Gasteiger partial charge in [0.2, 0.25) is 0 Å². The number of halogens is 1. The number of aliphatic carboxylic acids is 1. The minimum atomic E-state index is -1.01. The lowest BCUT2D eigenvalue weighted by molar-refractivity contribution is -0.138. The maximum Gasteiger partial charge on any atom is 0.305 e. The van der Waals surface area contributed by atoms with Crippen LogP contribution in [0.4, 0.5) is 11.4 Å². The van der Waals surface area contributed by atoms with Gasteiger partial charge in [0.15, 0.2) is 5.96 Å². The number of carbonyl (C=O) groups excluding carboxylic acids is 2. The molecule has 1 atom stereocenters. The molecule has 0 spiro atoms. The zero-order valence-electron chi connectivity index (χ0n) is 19.7. The highest BCUT2D eigenvalue weighted by Gasteiger charge is 2.35. The number of benzene rings is 2. The van der Waals surface area contributed by atoms with E-state index in [0.717, 1.165) is 24.3 Å². The van der Waals surface area contributed by atoms with Crippen LogP contribution in [0.15, 0.2) is 72.0 Å². The van der Waals surface area contributed by atoms with Gasteiger partial charge in [-0.15, -0.1) is 12.4 Å². The molecule has 0 saturated heterocycles. The van der Waals surface area contributed by atoms with Crippen molar-refractivity contribution in [1.29, 1.82) is 0 Å². The number of aromatic nitrogens is 1. The first-order chi connectivity index (χ1) is 17.5. The molecule has 3 aromatic rings. The number of fused-ring (bicyclic) bond motifs is 1. The largest absolute Gasteiger partial charge is 0.481 e. The molecule has 11 heteroatoms. The molecule has 0 radical (unpaired) electrons. The third kappa shape index (κ3) is 5.70. The SMILES string of the molecule is Cl.O=C(O)CC(c1cccnc1)N1Cc2ccc(NC(=O)c3ccc(NC4=NCCN4)cc3)cc2C1=O. The molecule has 0 fully saturated rings. The summed E-state index contributed by atoms with van der Waals surface area (Å²) in [7, 11) is 0. The Labute approximate surface area is 219 Å². The highest BCUT2D eigenvalue weighted by Crippen LogP contribution is 2.34. The number of aliphatic imine (C=N–C) groups is 1. The molecule has 37 heavy (non-hydrogen) atoms. The molecule has 4 N–H and O–H groups in total. The monoisotopic (exact) mass is 520 g/mol. The third-order valence-corrected chi connectivity index (χ3v) is 6.10. The standard InChI is InChI=1S/C26H24N6O4.ClH/c33-23(34)13-22(17-2-1-9-27-14-17)32-15-18-5-8-20(12-21(18)25(32)36)30-24(35)16-3-6-19(7-4-16)31-26-28-10-11-29-26;/h1-9,12,14,22H,10-11,13,15H2,(H,30,35)(H,33,34)(H2,28,29,31);1H. The summed E-state index contributed by atoms with van der Waals surface area (Å²) < 4.78 is 0. The van der Waals surface area contributed by atoms with Crippen molar-refractivity contribution in [3.8, 4) is 0 Å². The van der Waals surface area contributed by atoms with Crippen molar-refractivity contribution in [2.75, 3.05) is 23.7 Å². The van der Waals surface area contributed by atoms with E-state index in [1.54, 1.807) is 67.0 Å². The van der Waals surface area contributed by atoms with Gasteiger partial charge in [-0.2, -0.15) is 0 Å². The van der Waals surface area contributed by atoms with E-state index in [1.807, 2.05) is 0 Å². The number of carbonyl (C=O) groups is 3. The van der Waals surface area contributed by atoms with E-state index in [0.29, 0.717) is 28.3 Å². The average Bonchev–Trinajstić information content (AvgIpc) is 3.51. The Morgan fingerprint density at radius 2 is 1.89 bits per heavy atom. The summed E-state index contributed by atoms with van der Waals surface area (Å²) in [6.45, 7) is 1.81. The Morgan fingerprint density at radius 1 is 1.11 bits per heavy atom. The molecule has 190 valence electrons. The third-order valence-electron chi connectivity index (χ3n) is 6.10. The van der Waals surface area contributed by atoms with Crippen LogP contribution in [0.1, 0.15) is 44.3 Å². The highest BCUT2D eigenvalue weighted by molar-refractivity contribution is 6.06. The van der Waals surface area contributed by atoms with Crippen molar-refractivity contribution < 1.29 is 19.5 Å². The van der Waals surface area contributed by atoms with Gasteiger partial charge in [-0.05, 0) is 53.6 Å². The summed E-state index contributed by atoms with van der Waals surface area (Å²) in [5.41, 5.74) is 3.63. The molecule has 0 saturated carbocycles. The Kier molecular flexibility index (Phi) is 7.69. The van der Waals surface area contributed by atoms with Crippen molar-refractivity contribution in [3.63, 3.8) is 0 Å². The summed E-state index contributed by atoms with van der Waals surface area (Å²) in [6, 6.07) is 15.0. The van der Waals surface area contributed by atoms with Crippen LogP contribution in [-0.4, -0.2) is 51.8 Å². The maximum absolute atomic E-state index is 13.3. The minimum absolute atomic E-state index is 0. The first-order valence-corrected chi connectivity index (χ1v) is 11.5. The number of hydrogen-bond acceptors (Lipinski definition) is 7. The normalized spacial score (nSPS) is 14.6. The number of guanidine groups is 1. The molecule has 3 heterocycles. The number of carboxylic acids is 1. The molecule has 2 amide bonds. The summed E-state index contributed by atoms with van der Waals surface area (Å²) in [6.07, 6.45) is 2.94. The highest BCUT2D eigenvalue weighted by atomic mass is 35.5. The van der Waals surface area contributed by atoms with E-state index in [2.05, 4.69) is 25.9 Å². The number of hydrogen-bond donors (Lipinski definition) is 4. The Bertz CT molecular complexity index is 1350. The lowest BCUT2D eigenvalue weighted by Gasteiger charge is -2.26. The number of pyridine rings is 1. The lowest BCUT2D eigenvalue weighted by atomic mass is 10.0. The van der Waals surface area contributed by atoms with Gasteiger partial charge in [0.1, 0.15) is 0 Å². The van der Waals surface area contributed by atoms with Crippen molar-refractivity contribution in [2.24, 2.45) is 4.99 Å². The molecule has 1 aromatic heterocycles. The lowest BCUT2D eigenvalue weighted by Crippen LogP contribution is -2.31. The van der Waals surface area contributed by atoms with Gasteiger partial charge in [0.25, 0.3) is 11.8 Å². The van der Waals surface area contributed by atoms with Gasteiger partial charge in [0, 0.05) is 48.0 Å². The Balaban J connectivity index is 0.00000320. The molecule has 2 aromatic carbocycles.